The molecule has 0 bridgehead atoms. The number of benzene rings is 2. The third-order valence-electron chi connectivity index (χ3n) is 3.75. The van der Waals surface area contributed by atoms with Crippen molar-refractivity contribution in [2.75, 3.05) is 13.7 Å². The first-order valence-electron chi connectivity index (χ1n) is 6.97. The summed E-state index contributed by atoms with van der Waals surface area (Å²) in [6.45, 7) is 0.818. The molecular formula is C17H18BrNO. The van der Waals surface area contributed by atoms with Crippen LogP contribution >= 0.6 is 15.9 Å². The summed E-state index contributed by atoms with van der Waals surface area (Å²) in [6, 6.07) is 15.0. The van der Waals surface area contributed by atoms with E-state index in [9.17, 15) is 0 Å². The molecule has 3 rings (SSSR count). The lowest BCUT2D eigenvalue weighted by Crippen LogP contribution is -2.20. The average Bonchev–Trinajstić information content (AvgIpc) is 2.48. The van der Waals surface area contributed by atoms with Gasteiger partial charge in [0.25, 0.3) is 0 Å². The maximum Gasteiger partial charge on any atom is 0.127 e. The molecule has 1 N–H and O–H groups in total. The lowest BCUT2D eigenvalue weighted by Gasteiger charge is -2.25. The zero-order valence-electron chi connectivity index (χ0n) is 11.5. The predicted octanol–water partition coefficient (Wildman–Crippen LogP) is 4.08. The van der Waals surface area contributed by atoms with Gasteiger partial charge < -0.3 is 10.1 Å². The van der Waals surface area contributed by atoms with Crippen LogP contribution in [-0.4, -0.2) is 13.7 Å². The van der Waals surface area contributed by atoms with Gasteiger partial charge in [-0.05, 0) is 43.1 Å². The number of fused-ring (bicyclic) bond motifs is 1. The van der Waals surface area contributed by atoms with E-state index in [4.69, 9.17) is 4.74 Å². The topological polar surface area (TPSA) is 21.3 Å². The molecule has 2 nitrogen and oxygen atoms in total. The fraction of sp³-hybridized carbons (Fsp3) is 0.294. The highest BCUT2D eigenvalue weighted by Crippen LogP contribution is 2.35. The zero-order valence-corrected chi connectivity index (χ0v) is 13.1. The van der Waals surface area contributed by atoms with Crippen molar-refractivity contribution in [2.45, 2.75) is 18.9 Å². The van der Waals surface area contributed by atoms with Gasteiger partial charge in [-0.15, -0.1) is 0 Å². The van der Waals surface area contributed by atoms with E-state index in [0.717, 1.165) is 29.7 Å². The molecule has 2 aromatic rings. The third-order valence-corrected chi connectivity index (χ3v) is 4.24. The van der Waals surface area contributed by atoms with Crippen LogP contribution in [-0.2, 0) is 6.42 Å². The van der Waals surface area contributed by atoms with Gasteiger partial charge in [-0.1, -0.05) is 46.3 Å². The van der Waals surface area contributed by atoms with Crippen LogP contribution < -0.4 is 10.1 Å². The van der Waals surface area contributed by atoms with E-state index in [-0.39, 0.29) is 6.04 Å². The van der Waals surface area contributed by atoms with Crippen molar-refractivity contribution in [3.8, 4) is 5.75 Å². The van der Waals surface area contributed by atoms with Crippen LogP contribution in [0.2, 0.25) is 0 Å². The van der Waals surface area contributed by atoms with Gasteiger partial charge in [-0.2, -0.15) is 0 Å². The van der Waals surface area contributed by atoms with Crippen LogP contribution in [0.5, 0.6) is 5.75 Å². The smallest absolute Gasteiger partial charge is 0.127 e. The largest absolute Gasteiger partial charge is 0.493 e. The standard InChI is InChI=1S/C17H18BrNO/c1-19-16(13-6-2-8-14(18)11-13)15-9-3-5-12-7-4-10-20-17(12)15/h2-3,5-6,8-9,11,16,19H,4,7,10H2,1H3. The monoisotopic (exact) mass is 331 g/mol. The molecule has 2 aromatic carbocycles. The zero-order chi connectivity index (χ0) is 13.9. The summed E-state index contributed by atoms with van der Waals surface area (Å²) in [4.78, 5) is 0. The molecule has 0 amide bonds. The van der Waals surface area contributed by atoms with Crippen LogP contribution in [0.3, 0.4) is 0 Å². The summed E-state index contributed by atoms with van der Waals surface area (Å²) in [7, 11) is 1.99. The Morgan fingerprint density at radius 2 is 2.05 bits per heavy atom. The summed E-state index contributed by atoms with van der Waals surface area (Å²) in [5, 5.41) is 3.41. The molecule has 1 heterocycles. The maximum absolute atomic E-state index is 5.94. The third kappa shape index (κ3) is 2.60. The normalized spacial score (nSPS) is 15.3. The molecular weight excluding hydrogens is 314 g/mol. The molecule has 0 aromatic heterocycles. The summed E-state index contributed by atoms with van der Waals surface area (Å²) in [5.74, 6) is 1.07. The van der Waals surface area contributed by atoms with Crippen molar-refractivity contribution in [1.29, 1.82) is 0 Å². The van der Waals surface area contributed by atoms with E-state index in [2.05, 4.69) is 57.6 Å². The molecule has 0 saturated carbocycles. The minimum atomic E-state index is 0.153. The first-order chi connectivity index (χ1) is 9.79. The van der Waals surface area contributed by atoms with Gasteiger partial charge >= 0.3 is 0 Å². The molecule has 3 heteroatoms. The molecule has 0 fully saturated rings. The van der Waals surface area contributed by atoms with E-state index in [1.165, 1.54) is 16.7 Å². The Kier molecular flexibility index (Phi) is 4.08. The quantitative estimate of drug-likeness (QED) is 0.914. The highest BCUT2D eigenvalue weighted by Gasteiger charge is 2.21. The minimum absolute atomic E-state index is 0.153. The minimum Gasteiger partial charge on any atom is -0.493 e. The Balaban J connectivity index is 2.06. The molecule has 0 aliphatic carbocycles. The fourth-order valence-corrected chi connectivity index (χ4v) is 3.25. The van der Waals surface area contributed by atoms with E-state index in [1.807, 2.05) is 13.1 Å². The highest BCUT2D eigenvalue weighted by molar-refractivity contribution is 9.10. The van der Waals surface area contributed by atoms with Gasteiger partial charge in [0.05, 0.1) is 12.6 Å². The van der Waals surface area contributed by atoms with E-state index < -0.39 is 0 Å². The van der Waals surface area contributed by atoms with E-state index in [1.54, 1.807) is 0 Å². The summed E-state index contributed by atoms with van der Waals surface area (Å²) >= 11 is 3.55. The molecule has 0 spiro atoms. The molecule has 104 valence electrons. The van der Waals surface area contributed by atoms with Crippen LogP contribution in [0, 0.1) is 0 Å². The molecule has 1 unspecified atom stereocenters. The maximum atomic E-state index is 5.94. The average molecular weight is 332 g/mol. The second kappa shape index (κ2) is 5.98. The fourth-order valence-electron chi connectivity index (χ4n) is 2.83. The second-order valence-electron chi connectivity index (χ2n) is 5.06. The van der Waals surface area contributed by atoms with Gasteiger partial charge in [-0.3, -0.25) is 0 Å². The number of hydrogen-bond acceptors (Lipinski definition) is 2. The second-order valence-corrected chi connectivity index (χ2v) is 5.98. The van der Waals surface area contributed by atoms with E-state index in [0.29, 0.717) is 0 Å². The van der Waals surface area contributed by atoms with Crippen molar-refractivity contribution < 1.29 is 4.74 Å². The number of rotatable bonds is 3. The lowest BCUT2D eigenvalue weighted by atomic mass is 9.94. The van der Waals surface area contributed by atoms with Crippen LogP contribution in [0.15, 0.2) is 46.9 Å². The van der Waals surface area contributed by atoms with Crippen LogP contribution in [0.1, 0.15) is 29.2 Å². The van der Waals surface area contributed by atoms with Crippen molar-refractivity contribution >= 4 is 15.9 Å². The molecule has 1 aliphatic rings. The van der Waals surface area contributed by atoms with Crippen molar-refractivity contribution in [1.82, 2.24) is 5.32 Å². The summed E-state index contributed by atoms with van der Waals surface area (Å²) < 4.78 is 7.04. The summed E-state index contributed by atoms with van der Waals surface area (Å²) in [5.41, 5.74) is 3.79. The predicted molar refractivity (Wildman–Crippen MR) is 85.3 cm³/mol. The molecule has 0 saturated heterocycles. The molecule has 1 aliphatic heterocycles. The first-order valence-corrected chi connectivity index (χ1v) is 7.76. The first kappa shape index (κ1) is 13.7. The van der Waals surface area contributed by atoms with Crippen LogP contribution in [0.4, 0.5) is 0 Å². The number of para-hydroxylation sites is 1. The molecule has 1 atom stereocenters. The Morgan fingerprint density at radius 1 is 1.20 bits per heavy atom. The van der Waals surface area contributed by atoms with Crippen LogP contribution in [0.25, 0.3) is 0 Å². The molecule has 0 radical (unpaired) electrons. The highest BCUT2D eigenvalue weighted by atomic mass is 79.9. The SMILES string of the molecule is CNC(c1cccc(Br)c1)c1cccc2c1OCCC2. The number of nitrogens with one attached hydrogen (secondary N) is 1. The number of aryl methyl sites for hydroxylation is 1. The Morgan fingerprint density at radius 3 is 2.85 bits per heavy atom. The van der Waals surface area contributed by atoms with Gasteiger partial charge in [0.15, 0.2) is 0 Å². The van der Waals surface area contributed by atoms with Gasteiger partial charge in [0, 0.05) is 10.0 Å². The van der Waals surface area contributed by atoms with Gasteiger partial charge in [-0.25, -0.2) is 0 Å². The van der Waals surface area contributed by atoms with Crippen molar-refractivity contribution in [2.24, 2.45) is 0 Å². The Bertz CT molecular complexity index is 612. The number of ether oxygens (including phenoxy) is 1. The van der Waals surface area contributed by atoms with Crippen molar-refractivity contribution in [3.63, 3.8) is 0 Å². The number of halogens is 1. The van der Waals surface area contributed by atoms with Gasteiger partial charge in [0.1, 0.15) is 5.75 Å². The number of hydrogen-bond donors (Lipinski definition) is 1. The molecule has 20 heavy (non-hydrogen) atoms. The lowest BCUT2D eigenvalue weighted by molar-refractivity contribution is 0.283. The summed E-state index contributed by atoms with van der Waals surface area (Å²) in [6.07, 6.45) is 2.22. The Hall–Kier alpha value is -1.32. The van der Waals surface area contributed by atoms with Crippen molar-refractivity contribution in [3.05, 3.63) is 63.6 Å². The Labute approximate surface area is 128 Å². The van der Waals surface area contributed by atoms with Gasteiger partial charge in [0.2, 0.25) is 0 Å². The van der Waals surface area contributed by atoms with E-state index >= 15 is 0 Å².